The van der Waals surface area contributed by atoms with Crippen molar-refractivity contribution in [3.63, 3.8) is 0 Å². The molecule has 0 saturated heterocycles. The van der Waals surface area contributed by atoms with E-state index in [1.165, 1.54) is 19.1 Å². The van der Waals surface area contributed by atoms with Crippen molar-refractivity contribution in [2.24, 2.45) is 0 Å². The molecule has 0 heterocycles. The Hall–Kier alpha value is -1.42. The number of carbonyl (C=O) groups is 1. The Labute approximate surface area is 87.5 Å². The van der Waals surface area contributed by atoms with Crippen LogP contribution in [0, 0.1) is 5.82 Å². The highest BCUT2D eigenvalue weighted by atomic mass is 19.1. The third-order valence-corrected chi connectivity index (χ3v) is 1.91. The first kappa shape index (κ1) is 11.7. The van der Waals surface area contributed by atoms with E-state index in [2.05, 4.69) is 0 Å². The third kappa shape index (κ3) is 3.02. The van der Waals surface area contributed by atoms with Gasteiger partial charge < -0.3 is 9.84 Å². The molecule has 0 amide bonds. The summed E-state index contributed by atoms with van der Waals surface area (Å²) in [5, 5.41) is 9.27. The predicted octanol–water partition coefficient (Wildman–Crippen LogP) is 2.06. The molecule has 3 nitrogen and oxygen atoms in total. The van der Waals surface area contributed by atoms with E-state index in [0.29, 0.717) is 5.56 Å². The van der Waals surface area contributed by atoms with Crippen molar-refractivity contribution in [1.29, 1.82) is 0 Å². The summed E-state index contributed by atoms with van der Waals surface area (Å²) >= 11 is 0. The maximum atomic E-state index is 13.1. The topological polar surface area (TPSA) is 46.5 Å². The van der Waals surface area contributed by atoms with Crippen LogP contribution >= 0.6 is 0 Å². The van der Waals surface area contributed by atoms with Crippen molar-refractivity contribution in [2.45, 2.75) is 20.0 Å². The molecule has 0 unspecified atom stereocenters. The molecular weight excluding hydrogens is 199 g/mol. The summed E-state index contributed by atoms with van der Waals surface area (Å²) in [7, 11) is 0. The van der Waals surface area contributed by atoms with Crippen molar-refractivity contribution in [1.82, 2.24) is 0 Å². The van der Waals surface area contributed by atoms with E-state index in [1.807, 2.05) is 0 Å². The molecule has 1 aromatic rings. The van der Waals surface area contributed by atoms with Crippen LogP contribution in [0.1, 0.15) is 35.9 Å². The first-order valence-corrected chi connectivity index (χ1v) is 4.70. The summed E-state index contributed by atoms with van der Waals surface area (Å²) in [6.45, 7) is 3.41. The minimum absolute atomic E-state index is 0.118. The van der Waals surface area contributed by atoms with Crippen LogP contribution in [0.3, 0.4) is 0 Å². The summed E-state index contributed by atoms with van der Waals surface area (Å²) in [5.74, 6) is -1.14. The zero-order valence-electron chi connectivity index (χ0n) is 8.66. The quantitative estimate of drug-likeness (QED) is 0.780. The van der Waals surface area contributed by atoms with E-state index in [1.54, 1.807) is 6.92 Å². The van der Waals surface area contributed by atoms with E-state index in [-0.39, 0.29) is 12.2 Å². The Bertz CT molecular complexity index is 361. The molecule has 0 aromatic heterocycles. The molecule has 0 fully saturated rings. The Morgan fingerprint density at radius 2 is 2.20 bits per heavy atom. The lowest BCUT2D eigenvalue weighted by atomic mass is 10.1. The summed E-state index contributed by atoms with van der Waals surface area (Å²) in [6, 6.07) is 3.70. The fraction of sp³-hybridized carbons (Fsp3) is 0.364. The van der Waals surface area contributed by atoms with Gasteiger partial charge in [0.2, 0.25) is 0 Å². The summed E-state index contributed by atoms with van der Waals surface area (Å²) < 4.78 is 17.8. The van der Waals surface area contributed by atoms with Gasteiger partial charge in [0, 0.05) is 0 Å². The van der Waals surface area contributed by atoms with Gasteiger partial charge in [-0.25, -0.2) is 9.18 Å². The molecule has 1 rings (SSSR count). The van der Waals surface area contributed by atoms with E-state index < -0.39 is 17.9 Å². The van der Waals surface area contributed by atoms with Gasteiger partial charge in [0.05, 0.1) is 18.3 Å². The second-order valence-electron chi connectivity index (χ2n) is 3.17. The van der Waals surface area contributed by atoms with Crippen molar-refractivity contribution < 1.29 is 19.0 Å². The van der Waals surface area contributed by atoms with E-state index >= 15 is 0 Å². The highest BCUT2D eigenvalue weighted by Gasteiger charge is 2.11. The lowest BCUT2D eigenvalue weighted by Gasteiger charge is -2.07. The minimum Gasteiger partial charge on any atom is -0.462 e. The van der Waals surface area contributed by atoms with Gasteiger partial charge >= 0.3 is 5.97 Å². The molecule has 0 saturated carbocycles. The fourth-order valence-electron chi connectivity index (χ4n) is 1.19. The van der Waals surface area contributed by atoms with Gasteiger partial charge in [0.1, 0.15) is 5.82 Å². The molecule has 0 aliphatic carbocycles. The number of aliphatic hydroxyl groups excluding tert-OH is 1. The summed E-state index contributed by atoms with van der Waals surface area (Å²) in [6.07, 6.45) is -0.811. The fourth-order valence-corrected chi connectivity index (χ4v) is 1.19. The number of halogens is 1. The number of ether oxygens (including phenoxy) is 1. The normalized spacial score (nSPS) is 12.3. The van der Waals surface area contributed by atoms with Crippen LogP contribution in [-0.4, -0.2) is 17.7 Å². The number of hydrogen-bond acceptors (Lipinski definition) is 3. The van der Waals surface area contributed by atoms with Gasteiger partial charge in [-0.2, -0.15) is 0 Å². The van der Waals surface area contributed by atoms with Crippen molar-refractivity contribution in [2.75, 3.05) is 6.61 Å². The number of esters is 1. The molecular formula is C11H13FO3. The van der Waals surface area contributed by atoms with Crippen LogP contribution in [0.2, 0.25) is 0 Å². The van der Waals surface area contributed by atoms with Crippen molar-refractivity contribution >= 4 is 5.97 Å². The minimum atomic E-state index is -0.811. The SMILES string of the molecule is CCOC(=O)c1cc(F)cc([C@@H](C)O)c1. The van der Waals surface area contributed by atoms with E-state index in [0.717, 1.165) is 6.07 Å². The smallest absolute Gasteiger partial charge is 0.338 e. The van der Waals surface area contributed by atoms with Gasteiger partial charge in [-0.3, -0.25) is 0 Å². The van der Waals surface area contributed by atoms with Gasteiger partial charge in [-0.1, -0.05) is 0 Å². The van der Waals surface area contributed by atoms with Gasteiger partial charge in [0.15, 0.2) is 0 Å². The summed E-state index contributed by atoms with van der Waals surface area (Å²) in [4.78, 5) is 11.3. The van der Waals surface area contributed by atoms with Crippen LogP contribution in [0.25, 0.3) is 0 Å². The molecule has 0 aliphatic heterocycles. The standard InChI is InChI=1S/C11H13FO3/c1-3-15-11(14)9-4-8(7(2)13)5-10(12)6-9/h4-7,13H,3H2,1-2H3/t7-/m1/s1. The van der Waals surface area contributed by atoms with Crippen LogP contribution in [-0.2, 0) is 4.74 Å². The highest BCUT2D eigenvalue weighted by molar-refractivity contribution is 5.89. The Morgan fingerprint density at radius 3 is 2.73 bits per heavy atom. The highest BCUT2D eigenvalue weighted by Crippen LogP contribution is 2.16. The molecule has 1 atom stereocenters. The van der Waals surface area contributed by atoms with Gasteiger partial charge in [0.25, 0.3) is 0 Å². The zero-order chi connectivity index (χ0) is 11.4. The maximum Gasteiger partial charge on any atom is 0.338 e. The van der Waals surface area contributed by atoms with Crippen LogP contribution in [0.4, 0.5) is 4.39 Å². The molecule has 0 spiro atoms. The molecule has 15 heavy (non-hydrogen) atoms. The average molecular weight is 212 g/mol. The van der Waals surface area contributed by atoms with Crippen molar-refractivity contribution in [3.8, 4) is 0 Å². The monoisotopic (exact) mass is 212 g/mol. The third-order valence-electron chi connectivity index (χ3n) is 1.91. The number of carbonyl (C=O) groups excluding carboxylic acids is 1. The van der Waals surface area contributed by atoms with Crippen LogP contribution in [0.15, 0.2) is 18.2 Å². The maximum absolute atomic E-state index is 13.1. The molecule has 0 radical (unpaired) electrons. The Balaban J connectivity index is 3.03. The average Bonchev–Trinajstić information content (AvgIpc) is 2.17. The molecule has 1 N–H and O–H groups in total. The zero-order valence-corrected chi connectivity index (χ0v) is 8.66. The first-order chi connectivity index (χ1) is 7.04. The first-order valence-electron chi connectivity index (χ1n) is 4.70. The molecule has 82 valence electrons. The molecule has 1 aromatic carbocycles. The number of aliphatic hydroxyl groups is 1. The lowest BCUT2D eigenvalue weighted by molar-refractivity contribution is 0.0525. The lowest BCUT2D eigenvalue weighted by Crippen LogP contribution is -2.06. The summed E-state index contributed by atoms with van der Waals surface area (Å²) in [5.41, 5.74) is 0.478. The number of hydrogen-bond donors (Lipinski definition) is 1. The van der Waals surface area contributed by atoms with E-state index in [4.69, 9.17) is 4.74 Å². The Morgan fingerprint density at radius 1 is 1.53 bits per heavy atom. The number of rotatable bonds is 3. The second-order valence-corrected chi connectivity index (χ2v) is 3.17. The van der Waals surface area contributed by atoms with Crippen LogP contribution in [0.5, 0.6) is 0 Å². The van der Waals surface area contributed by atoms with Crippen molar-refractivity contribution in [3.05, 3.63) is 35.1 Å². The molecule has 0 aliphatic rings. The largest absolute Gasteiger partial charge is 0.462 e. The van der Waals surface area contributed by atoms with E-state index in [9.17, 15) is 14.3 Å². The number of benzene rings is 1. The predicted molar refractivity (Wildman–Crippen MR) is 53.0 cm³/mol. The van der Waals surface area contributed by atoms with Gasteiger partial charge in [-0.15, -0.1) is 0 Å². The second kappa shape index (κ2) is 4.89. The van der Waals surface area contributed by atoms with Crippen LogP contribution < -0.4 is 0 Å². The molecule has 0 bridgehead atoms. The molecule has 4 heteroatoms. The Kier molecular flexibility index (Phi) is 3.80. The van der Waals surface area contributed by atoms with Gasteiger partial charge in [-0.05, 0) is 37.6 Å².